The first-order chi connectivity index (χ1) is 16.3. The molecule has 1 saturated heterocycles. The highest BCUT2D eigenvalue weighted by Gasteiger charge is 2.26. The topological polar surface area (TPSA) is 112 Å². The Bertz CT molecular complexity index is 823. The van der Waals surface area contributed by atoms with Crippen LogP contribution in [0.2, 0.25) is 0 Å². The number of hydrogen-bond donors (Lipinski definition) is 3. The van der Waals surface area contributed by atoms with Crippen molar-refractivity contribution in [2.24, 2.45) is 10.9 Å². The molecule has 2 aliphatic rings. The third kappa shape index (κ3) is 8.17. The van der Waals surface area contributed by atoms with E-state index in [1.807, 2.05) is 4.90 Å². The lowest BCUT2D eigenvalue weighted by atomic mass is 9.88. The third-order valence-corrected chi connectivity index (χ3v) is 6.02. The van der Waals surface area contributed by atoms with Gasteiger partial charge in [-0.2, -0.15) is 13.8 Å². The van der Waals surface area contributed by atoms with Gasteiger partial charge in [-0.25, -0.2) is 14.4 Å². The predicted octanol–water partition coefficient (Wildman–Crippen LogP) is 2.54. The fraction of sp³-hybridized carbons (Fsp3) is 0.727. The third-order valence-electron chi connectivity index (χ3n) is 6.02. The van der Waals surface area contributed by atoms with Gasteiger partial charge in [-0.3, -0.25) is 9.69 Å². The van der Waals surface area contributed by atoms with Gasteiger partial charge in [0.25, 0.3) is 5.91 Å². The number of carbonyl (C=O) groups excluding carboxylic acids is 1. The van der Waals surface area contributed by atoms with Crippen LogP contribution in [0.15, 0.2) is 11.2 Å². The average molecular weight is 487 g/mol. The minimum atomic E-state index is -2.87. The largest absolute Gasteiger partial charge is 0.393 e. The lowest BCUT2D eigenvalue weighted by Crippen LogP contribution is -2.37. The van der Waals surface area contributed by atoms with Crippen molar-refractivity contribution in [2.45, 2.75) is 63.8 Å². The lowest BCUT2D eigenvalue weighted by molar-refractivity contribution is -0.130. The summed E-state index contributed by atoms with van der Waals surface area (Å²) in [6.45, 7) is -0.279. The molecule has 2 fully saturated rings. The van der Waals surface area contributed by atoms with Crippen molar-refractivity contribution in [3.8, 4) is 0 Å². The number of anilines is 1. The number of aliphatic hydroxyl groups is 1. The molecule has 1 aliphatic carbocycles. The molecule has 2 atom stereocenters. The van der Waals surface area contributed by atoms with Gasteiger partial charge in [-0.15, -0.1) is 0 Å². The molecule has 0 radical (unpaired) electrons. The normalized spacial score (nSPS) is 24.6. The van der Waals surface area contributed by atoms with Gasteiger partial charge >= 0.3 is 6.61 Å². The summed E-state index contributed by atoms with van der Waals surface area (Å²) in [5.41, 5.74) is 0.193. The number of alkyl halides is 3. The number of aliphatic hydroxyl groups excluding tert-OH is 1. The molecule has 1 saturated carbocycles. The predicted molar refractivity (Wildman–Crippen MR) is 121 cm³/mol. The van der Waals surface area contributed by atoms with E-state index < -0.39 is 19.3 Å². The molecule has 0 bridgehead atoms. The van der Waals surface area contributed by atoms with E-state index in [4.69, 9.17) is 0 Å². The number of ether oxygens (including phenoxy) is 1. The van der Waals surface area contributed by atoms with Crippen molar-refractivity contribution >= 4 is 23.9 Å². The maximum absolute atomic E-state index is 13.0. The van der Waals surface area contributed by atoms with E-state index in [9.17, 15) is 23.1 Å². The molecule has 0 unspecified atom stereocenters. The number of aliphatic imine (C=N–C) groups is 1. The van der Waals surface area contributed by atoms with Crippen LogP contribution in [0.5, 0.6) is 0 Å². The van der Waals surface area contributed by atoms with E-state index >= 15 is 0 Å². The van der Waals surface area contributed by atoms with Crippen molar-refractivity contribution < 1.29 is 27.8 Å². The standard InChI is InChI=1S/C22H33F3N6O3/c1-14(13-34-21(24)25)28-22-27-11-18(20(33)29-16-6-8-31(12-16)9-7-23)19(30-22)26-10-15-2-4-17(32)5-3-15/h10-11,14-17,21,32H,2-9,12-13H2,1H3,(H,29,33)(H,27,28,30)/t14-,15?,16-,17?/m0/s1. The Balaban J connectivity index is 1.72. The smallest absolute Gasteiger partial charge is 0.345 e. The molecule has 0 aromatic carbocycles. The molecule has 190 valence electrons. The molecule has 12 heteroatoms. The van der Waals surface area contributed by atoms with Gasteiger partial charge in [-0.05, 0) is 44.9 Å². The molecule has 1 aliphatic heterocycles. The second-order valence-electron chi connectivity index (χ2n) is 8.87. The number of carbonyl (C=O) groups is 1. The maximum atomic E-state index is 13.0. The minimum Gasteiger partial charge on any atom is -0.393 e. The molecule has 0 spiro atoms. The molecule has 1 aromatic heterocycles. The molecule has 3 rings (SSSR count). The van der Waals surface area contributed by atoms with Crippen molar-refractivity contribution in [2.75, 3.05) is 38.2 Å². The van der Waals surface area contributed by atoms with Crippen LogP contribution < -0.4 is 10.6 Å². The van der Waals surface area contributed by atoms with Crippen molar-refractivity contribution in [1.82, 2.24) is 20.2 Å². The molecule has 9 nitrogen and oxygen atoms in total. The summed E-state index contributed by atoms with van der Waals surface area (Å²) in [7, 11) is 0. The Morgan fingerprint density at radius 2 is 2.12 bits per heavy atom. The number of rotatable bonds is 11. The lowest BCUT2D eigenvalue weighted by Gasteiger charge is -2.22. The Labute approximate surface area is 197 Å². The van der Waals surface area contributed by atoms with Crippen LogP contribution in [0, 0.1) is 5.92 Å². The first-order valence-electron chi connectivity index (χ1n) is 11.7. The summed E-state index contributed by atoms with van der Waals surface area (Å²) in [6.07, 6.45) is 6.50. The van der Waals surface area contributed by atoms with E-state index in [0.29, 0.717) is 32.5 Å². The number of hydrogen-bond acceptors (Lipinski definition) is 8. The van der Waals surface area contributed by atoms with Crippen LogP contribution in [-0.4, -0.2) is 89.8 Å². The quantitative estimate of drug-likeness (QED) is 0.412. The van der Waals surface area contributed by atoms with Gasteiger partial charge in [0, 0.05) is 44.1 Å². The minimum absolute atomic E-state index is 0.111. The fourth-order valence-corrected chi connectivity index (χ4v) is 4.14. The van der Waals surface area contributed by atoms with Gasteiger partial charge in [0.05, 0.1) is 12.7 Å². The van der Waals surface area contributed by atoms with Gasteiger partial charge in [-0.1, -0.05) is 0 Å². The second-order valence-corrected chi connectivity index (χ2v) is 8.87. The van der Waals surface area contributed by atoms with E-state index in [1.54, 1.807) is 13.1 Å². The monoisotopic (exact) mass is 486 g/mol. The molecule has 1 amide bonds. The summed E-state index contributed by atoms with van der Waals surface area (Å²) in [5.74, 6) is 0.0944. The molecule has 1 aromatic rings. The Morgan fingerprint density at radius 1 is 1.35 bits per heavy atom. The fourth-order valence-electron chi connectivity index (χ4n) is 4.14. The maximum Gasteiger partial charge on any atom is 0.345 e. The summed E-state index contributed by atoms with van der Waals surface area (Å²) in [6, 6.07) is -0.606. The van der Waals surface area contributed by atoms with Crippen LogP contribution >= 0.6 is 0 Å². The SMILES string of the molecule is C[C@@H](COC(F)F)Nc1ncc(C(=O)N[C@H]2CCN(CCF)C2)c(N=CC2CCC(O)CC2)n1. The summed E-state index contributed by atoms with van der Waals surface area (Å²) < 4.78 is 41.5. The van der Waals surface area contributed by atoms with E-state index in [-0.39, 0.29) is 47.9 Å². The van der Waals surface area contributed by atoms with Crippen molar-refractivity contribution in [3.63, 3.8) is 0 Å². The molecule has 3 N–H and O–H groups in total. The average Bonchev–Trinajstić information content (AvgIpc) is 3.24. The number of aromatic nitrogens is 2. The van der Waals surface area contributed by atoms with Gasteiger partial charge in [0.1, 0.15) is 12.2 Å². The first-order valence-corrected chi connectivity index (χ1v) is 11.7. The summed E-state index contributed by atoms with van der Waals surface area (Å²) in [4.78, 5) is 27.9. The van der Waals surface area contributed by atoms with Crippen LogP contribution in [0.3, 0.4) is 0 Å². The van der Waals surface area contributed by atoms with Gasteiger partial charge < -0.3 is 20.5 Å². The molecule has 2 heterocycles. The Kier molecular flexibility index (Phi) is 10.0. The number of amides is 1. The van der Waals surface area contributed by atoms with E-state index in [2.05, 4.69) is 30.3 Å². The van der Waals surface area contributed by atoms with Gasteiger partial charge in [0.15, 0.2) is 5.82 Å². The molecular formula is C22H33F3N6O3. The van der Waals surface area contributed by atoms with Crippen LogP contribution in [-0.2, 0) is 4.74 Å². The summed E-state index contributed by atoms with van der Waals surface area (Å²) >= 11 is 0. The second kappa shape index (κ2) is 13.0. The van der Waals surface area contributed by atoms with Crippen LogP contribution in [0.25, 0.3) is 0 Å². The van der Waals surface area contributed by atoms with Crippen LogP contribution in [0.4, 0.5) is 24.9 Å². The number of likely N-dealkylation sites (tertiary alicyclic amines) is 1. The van der Waals surface area contributed by atoms with Crippen LogP contribution in [0.1, 0.15) is 49.4 Å². The number of nitrogens with one attached hydrogen (secondary N) is 2. The molecule has 34 heavy (non-hydrogen) atoms. The molecular weight excluding hydrogens is 453 g/mol. The van der Waals surface area contributed by atoms with E-state index in [1.165, 1.54) is 6.20 Å². The summed E-state index contributed by atoms with van der Waals surface area (Å²) in [5, 5.41) is 15.5. The first kappa shape index (κ1) is 26.3. The Morgan fingerprint density at radius 3 is 2.82 bits per heavy atom. The zero-order valence-corrected chi connectivity index (χ0v) is 19.3. The van der Waals surface area contributed by atoms with Gasteiger partial charge in [0.2, 0.25) is 5.95 Å². The zero-order valence-electron chi connectivity index (χ0n) is 19.3. The van der Waals surface area contributed by atoms with Crippen molar-refractivity contribution in [1.29, 1.82) is 0 Å². The van der Waals surface area contributed by atoms with E-state index in [0.717, 1.165) is 19.3 Å². The number of nitrogens with zero attached hydrogens (tertiary/aromatic N) is 4. The highest BCUT2D eigenvalue weighted by Crippen LogP contribution is 2.25. The zero-order chi connectivity index (χ0) is 24.5. The Hall–Kier alpha value is -2.31. The highest BCUT2D eigenvalue weighted by atomic mass is 19.3. The highest BCUT2D eigenvalue weighted by molar-refractivity contribution is 5.98. The number of halogens is 3. The van der Waals surface area contributed by atoms with Crippen molar-refractivity contribution in [3.05, 3.63) is 11.8 Å².